The molecule has 1 aromatic rings. The van der Waals surface area contributed by atoms with Crippen molar-refractivity contribution in [2.24, 2.45) is 7.05 Å². The number of nitrogens with one attached hydrogen (secondary N) is 1. The molecule has 0 radical (unpaired) electrons. The van der Waals surface area contributed by atoms with Crippen molar-refractivity contribution in [1.29, 1.82) is 0 Å². The van der Waals surface area contributed by atoms with Crippen molar-refractivity contribution < 1.29 is 21.6 Å². The second-order valence-corrected chi connectivity index (χ2v) is 5.86. The van der Waals surface area contributed by atoms with Crippen molar-refractivity contribution in [2.75, 3.05) is 6.54 Å². The predicted octanol–water partition coefficient (Wildman–Crippen LogP) is 1.20. The van der Waals surface area contributed by atoms with E-state index in [9.17, 15) is 21.6 Å². The van der Waals surface area contributed by atoms with Gasteiger partial charge < -0.3 is 0 Å². The fourth-order valence-electron chi connectivity index (χ4n) is 1.17. The maximum atomic E-state index is 11.9. The minimum Gasteiger partial charge on any atom is -0.235 e. The second-order valence-electron chi connectivity index (χ2n) is 3.43. The first-order valence-electron chi connectivity index (χ1n) is 4.75. The number of hydrogen-bond donors (Lipinski definition) is 1. The van der Waals surface area contributed by atoms with Crippen LogP contribution in [-0.2, 0) is 17.1 Å². The van der Waals surface area contributed by atoms with E-state index < -0.39 is 22.6 Å². The first-order chi connectivity index (χ1) is 8.13. The number of sulfonamides is 1. The van der Waals surface area contributed by atoms with Gasteiger partial charge in [0.1, 0.15) is 0 Å². The highest BCUT2D eigenvalue weighted by Gasteiger charge is 2.27. The molecule has 0 bridgehead atoms. The Hall–Kier alpha value is -0.680. The van der Waals surface area contributed by atoms with E-state index >= 15 is 0 Å². The summed E-state index contributed by atoms with van der Waals surface area (Å²) < 4.78 is 62.2. The quantitative estimate of drug-likeness (QED) is 0.809. The van der Waals surface area contributed by atoms with Crippen molar-refractivity contribution >= 4 is 26.0 Å². The molecule has 0 aromatic carbocycles. The van der Waals surface area contributed by atoms with E-state index in [1.54, 1.807) is 0 Å². The first kappa shape index (κ1) is 15.4. The monoisotopic (exact) mass is 350 g/mol. The van der Waals surface area contributed by atoms with Crippen molar-refractivity contribution in [3.8, 4) is 0 Å². The summed E-state index contributed by atoms with van der Waals surface area (Å²) in [5.74, 6) is 0. The summed E-state index contributed by atoms with van der Waals surface area (Å²) in [5.41, 5.74) is 0. The van der Waals surface area contributed by atoms with Crippen LogP contribution in [0.25, 0.3) is 0 Å². The van der Waals surface area contributed by atoms with Gasteiger partial charge in [0, 0.05) is 20.0 Å². The Labute approximate surface area is 110 Å². The van der Waals surface area contributed by atoms with Crippen LogP contribution in [0.2, 0.25) is 0 Å². The van der Waals surface area contributed by atoms with Gasteiger partial charge in [-0.05, 0) is 22.4 Å². The minimum atomic E-state index is -4.29. The predicted molar refractivity (Wildman–Crippen MR) is 59.2 cm³/mol. The zero-order valence-corrected chi connectivity index (χ0v) is 11.6. The van der Waals surface area contributed by atoms with Crippen LogP contribution < -0.4 is 4.72 Å². The molecule has 1 rings (SSSR count). The van der Waals surface area contributed by atoms with Gasteiger partial charge in [-0.1, -0.05) is 5.21 Å². The average Bonchev–Trinajstić information content (AvgIpc) is 2.52. The molecule has 0 spiro atoms. The topological polar surface area (TPSA) is 76.9 Å². The molecule has 0 saturated carbocycles. The summed E-state index contributed by atoms with van der Waals surface area (Å²) in [6.45, 7) is -0.306. The van der Waals surface area contributed by atoms with Gasteiger partial charge in [-0.15, -0.1) is 5.10 Å². The molecule has 1 N–H and O–H groups in total. The lowest BCUT2D eigenvalue weighted by atomic mass is 10.3. The van der Waals surface area contributed by atoms with E-state index in [0.717, 1.165) is 4.68 Å². The number of hydrogen-bond acceptors (Lipinski definition) is 4. The van der Waals surface area contributed by atoms with Gasteiger partial charge in [-0.3, -0.25) is 0 Å². The molecule has 1 aromatic heterocycles. The number of rotatable bonds is 5. The molecule has 0 saturated heterocycles. The van der Waals surface area contributed by atoms with Crippen LogP contribution >= 0.6 is 15.9 Å². The van der Waals surface area contributed by atoms with Crippen LogP contribution in [-0.4, -0.2) is 36.1 Å². The average molecular weight is 351 g/mol. The Balaban J connectivity index is 2.62. The first-order valence-corrected chi connectivity index (χ1v) is 7.03. The lowest BCUT2D eigenvalue weighted by molar-refractivity contribution is -0.135. The standard InChI is InChI=1S/C7H10BrF3N4O2S/c1-15-6(5(8)13-14-15)18(16,17)12-4-2-3-7(9,10)11/h12H,2-4H2,1H3. The molecule has 0 unspecified atom stereocenters. The number of halogens is 4. The largest absolute Gasteiger partial charge is 0.389 e. The maximum absolute atomic E-state index is 11.9. The van der Waals surface area contributed by atoms with Crippen molar-refractivity contribution in [2.45, 2.75) is 24.0 Å². The molecule has 0 fully saturated rings. The van der Waals surface area contributed by atoms with E-state index in [1.807, 2.05) is 0 Å². The minimum absolute atomic E-state index is 0.00770. The molecule has 104 valence electrons. The van der Waals surface area contributed by atoms with Crippen molar-refractivity contribution in [1.82, 2.24) is 19.7 Å². The Bertz CT molecular complexity index is 494. The summed E-state index contributed by atoms with van der Waals surface area (Å²) >= 11 is 2.90. The van der Waals surface area contributed by atoms with Gasteiger partial charge in [0.2, 0.25) is 5.03 Å². The van der Waals surface area contributed by atoms with Crippen LogP contribution in [0.5, 0.6) is 0 Å². The summed E-state index contributed by atoms with van der Waals surface area (Å²) in [7, 11) is -2.56. The lowest BCUT2D eigenvalue weighted by Gasteiger charge is -2.08. The van der Waals surface area contributed by atoms with Crippen LogP contribution in [0.3, 0.4) is 0 Å². The third-order valence-corrected chi connectivity index (χ3v) is 4.27. The van der Waals surface area contributed by atoms with Gasteiger partial charge >= 0.3 is 6.18 Å². The summed E-state index contributed by atoms with van der Waals surface area (Å²) in [4.78, 5) is 0. The van der Waals surface area contributed by atoms with E-state index in [4.69, 9.17) is 0 Å². The van der Waals surface area contributed by atoms with Crippen LogP contribution in [0, 0.1) is 0 Å². The Morgan fingerprint density at radius 1 is 1.44 bits per heavy atom. The number of aromatic nitrogens is 3. The van der Waals surface area contributed by atoms with Crippen LogP contribution in [0.4, 0.5) is 13.2 Å². The summed E-state index contributed by atoms with van der Waals surface area (Å²) in [6.07, 6.45) is -5.66. The molecule has 0 amide bonds. The van der Waals surface area contributed by atoms with Crippen LogP contribution in [0.1, 0.15) is 12.8 Å². The molecule has 6 nitrogen and oxygen atoms in total. The van der Waals surface area contributed by atoms with Gasteiger partial charge in [-0.2, -0.15) is 13.2 Å². The zero-order valence-electron chi connectivity index (χ0n) is 9.20. The molecule has 0 aliphatic rings. The molecule has 18 heavy (non-hydrogen) atoms. The van der Waals surface area contributed by atoms with Crippen LogP contribution in [0.15, 0.2) is 9.63 Å². The van der Waals surface area contributed by atoms with Gasteiger partial charge in [0.25, 0.3) is 10.0 Å². The fourth-order valence-corrected chi connectivity index (χ4v) is 3.34. The van der Waals surface area contributed by atoms with E-state index in [1.165, 1.54) is 7.05 Å². The highest BCUT2D eigenvalue weighted by molar-refractivity contribution is 9.10. The SMILES string of the molecule is Cn1nnc(Br)c1S(=O)(=O)NCCCC(F)(F)F. The Kier molecular flexibility index (Phi) is 4.72. The van der Waals surface area contributed by atoms with Gasteiger partial charge in [0.05, 0.1) is 0 Å². The number of aryl methyl sites for hydroxylation is 1. The Morgan fingerprint density at radius 3 is 2.50 bits per heavy atom. The van der Waals surface area contributed by atoms with E-state index in [0.29, 0.717) is 0 Å². The molecular weight excluding hydrogens is 341 g/mol. The molecule has 1 heterocycles. The third kappa shape index (κ3) is 4.21. The molecule has 0 aliphatic carbocycles. The summed E-state index contributed by atoms with van der Waals surface area (Å²) in [6, 6.07) is 0. The second kappa shape index (κ2) is 5.53. The highest BCUT2D eigenvalue weighted by atomic mass is 79.9. The maximum Gasteiger partial charge on any atom is 0.389 e. The molecule has 0 atom stereocenters. The van der Waals surface area contributed by atoms with E-state index in [-0.39, 0.29) is 22.6 Å². The van der Waals surface area contributed by atoms with Gasteiger partial charge in [0.15, 0.2) is 4.60 Å². The number of alkyl halides is 3. The molecule has 11 heteroatoms. The smallest absolute Gasteiger partial charge is 0.235 e. The molecular formula is C7H10BrF3N4O2S. The number of nitrogens with zero attached hydrogens (tertiary/aromatic N) is 3. The van der Waals surface area contributed by atoms with Crippen molar-refractivity contribution in [3.05, 3.63) is 4.60 Å². The van der Waals surface area contributed by atoms with Gasteiger partial charge in [-0.25, -0.2) is 17.8 Å². The van der Waals surface area contributed by atoms with E-state index in [2.05, 4.69) is 31.0 Å². The molecule has 0 aliphatic heterocycles. The fraction of sp³-hybridized carbons (Fsp3) is 0.714. The summed E-state index contributed by atoms with van der Waals surface area (Å²) in [5, 5.41) is 6.72. The third-order valence-electron chi connectivity index (χ3n) is 1.92. The van der Waals surface area contributed by atoms with Crippen molar-refractivity contribution in [3.63, 3.8) is 0 Å². The normalized spacial score (nSPS) is 12.9. The lowest BCUT2D eigenvalue weighted by Crippen LogP contribution is -2.27. The zero-order chi connectivity index (χ0) is 14.0. The highest BCUT2D eigenvalue weighted by Crippen LogP contribution is 2.21. The Morgan fingerprint density at radius 2 is 2.06 bits per heavy atom.